The minimum Gasteiger partial charge on any atom is -0.339 e. The highest BCUT2D eigenvalue weighted by Gasteiger charge is 2.22. The molecule has 1 fully saturated rings. The average Bonchev–Trinajstić information content (AvgIpc) is 2.81. The van der Waals surface area contributed by atoms with Gasteiger partial charge in [-0.05, 0) is 29.8 Å². The van der Waals surface area contributed by atoms with Crippen LogP contribution in [0.2, 0.25) is 0 Å². The number of hydrogen-bond acceptors (Lipinski definition) is 5. The van der Waals surface area contributed by atoms with Crippen molar-refractivity contribution in [2.24, 2.45) is 0 Å². The lowest BCUT2D eigenvalue weighted by Crippen LogP contribution is -2.48. The minimum absolute atomic E-state index is 0.00540. The van der Waals surface area contributed by atoms with Crippen LogP contribution >= 0.6 is 0 Å². The Bertz CT molecular complexity index is 1040. The first-order valence-corrected chi connectivity index (χ1v) is 10.0. The van der Waals surface area contributed by atoms with Crippen LogP contribution in [0.4, 0.5) is 11.5 Å². The first-order valence-electron chi connectivity index (χ1n) is 10.0. The summed E-state index contributed by atoms with van der Waals surface area (Å²) in [7, 11) is 0. The molecule has 150 valence electrons. The second kappa shape index (κ2) is 9.21. The van der Waals surface area contributed by atoms with Crippen molar-refractivity contribution in [2.45, 2.75) is 6.54 Å². The van der Waals surface area contributed by atoms with Gasteiger partial charge in [0.05, 0.1) is 16.8 Å². The third-order valence-electron chi connectivity index (χ3n) is 5.23. The zero-order valence-electron chi connectivity index (χ0n) is 16.7. The molecule has 1 N–H and O–H groups in total. The van der Waals surface area contributed by atoms with Crippen molar-refractivity contribution in [3.63, 3.8) is 0 Å². The fourth-order valence-corrected chi connectivity index (χ4v) is 3.56. The molecule has 0 spiro atoms. The van der Waals surface area contributed by atoms with E-state index in [1.807, 2.05) is 29.2 Å². The van der Waals surface area contributed by atoms with Gasteiger partial charge in [-0.25, -0.2) is 4.98 Å². The van der Waals surface area contributed by atoms with E-state index >= 15 is 0 Å². The van der Waals surface area contributed by atoms with Crippen molar-refractivity contribution in [2.75, 3.05) is 31.5 Å². The summed E-state index contributed by atoms with van der Waals surface area (Å²) in [6.07, 6.45) is 1.59. The van der Waals surface area contributed by atoms with E-state index in [0.29, 0.717) is 35.7 Å². The van der Waals surface area contributed by atoms with E-state index < -0.39 is 0 Å². The van der Waals surface area contributed by atoms with Crippen molar-refractivity contribution in [3.8, 4) is 6.07 Å². The number of nitrogens with zero attached hydrogens (tertiary/aromatic N) is 4. The molecule has 4 rings (SSSR count). The van der Waals surface area contributed by atoms with Crippen LogP contribution in [0.3, 0.4) is 0 Å². The Morgan fingerprint density at radius 1 is 0.967 bits per heavy atom. The molecule has 0 unspecified atom stereocenters. The summed E-state index contributed by atoms with van der Waals surface area (Å²) in [5.41, 5.74) is 3.11. The van der Waals surface area contributed by atoms with Gasteiger partial charge < -0.3 is 10.2 Å². The topological polar surface area (TPSA) is 72.3 Å². The van der Waals surface area contributed by atoms with Crippen LogP contribution in [0, 0.1) is 11.3 Å². The molecular formula is C24H23N5O. The highest BCUT2D eigenvalue weighted by atomic mass is 16.2. The molecular weight excluding hydrogens is 374 g/mol. The molecule has 0 saturated carbocycles. The Morgan fingerprint density at radius 2 is 1.70 bits per heavy atom. The van der Waals surface area contributed by atoms with Crippen LogP contribution in [-0.4, -0.2) is 46.9 Å². The van der Waals surface area contributed by atoms with Gasteiger partial charge in [-0.2, -0.15) is 5.26 Å². The number of amides is 1. The first kappa shape index (κ1) is 19.6. The number of carbonyl (C=O) groups is 1. The Balaban J connectivity index is 1.33. The van der Waals surface area contributed by atoms with Crippen LogP contribution < -0.4 is 5.32 Å². The maximum absolute atomic E-state index is 12.8. The number of carbonyl (C=O) groups excluding carboxylic acids is 1. The van der Waals surface area contributed by atoms with Gasteiger partial charge in [0.1, 0.15) is 11.9 Å². The van der Waals surface area contributed by atoms with Gasteiger partial charge in [0.25, 0.3) is 5.91 Å². The third-order valence-corrected chi connectivity index (χ3v) is 5.23. The van der Waals surface area contributed by atoms with Gasteiger partial charge in [-0.3, -0.25) is 9.69 Å². The summed E-state index contributed by atoms with van der Waals surface area (Å²) in [5.74, 6) is 0.604. The maximum atomic E-state index is 12.8. The number of para-hydroxylation sites is 1. The maximum Gasteiger partial charge on any atom is 0.255 e. The van der Waals surface area contributed by atoms with E-state index in [0.717, 1.165) is 19.6 Å². The number of anilines is 2. The fraction of sp³-hybridized carbons (Fsp3) is 0.208. The van der Waals surface area contributed by atoms with Gasteiger partial charge in [-0.15, -0.1) is 0 Å². The van der Waals surface area contributed by atoms with Crippen LogP contribution in [-0.2, 0) is 6.54 Å². The quantitative estimate of drug-likeness (QED) is 0.711. The lowest BCUT2D eigenvalue weighted by molar-refractivity contribution is 0.0628. The second-order valence-corrected chi connectivity index (χ2v) is 7.27. The fourth-order valence-electron chi connectivity index (χ4n) is 3.56. The number of nitriles is 1. The van der Waals surface area contributed by atoms with Crippen LogP contribution in [0.25, 0.3) is 0 Å². The van der Waals surface area contributed by atoms with Gasteiger partial charge in [0.2, 0.25) is 0 Å². The van der Waals surface area contributed by atoms with Crippen molar-refractivity contribution in [1.29, 1.82) is 5.26 Å². The Kier molecular flexibility index (Phi) is 6.02. The molecule has 0 radical (unpaired) electrons. The molecule has 3 aromatic rings. The standard InChI is InChI=1S/C24H23N5O/c25-16-20-8-4-5-9-22(20)27-23-11-10-21(17-26-23)24(30)29-14-12-28(13-15-29)18-19-6-2-1-3-7-19/h1-11,17H,12-15,18H2,(H,26,27). The predicted molar refractivity (Wildman–Crippen MR) is 116 cm³/mol. The molecule has 30 heavy (non-hydrogen) atoms. The van der Waals surface area contributed by atoms with E-state index in [1.165, 1.54) is 5.56 Å². The number of nitrogens with one attached hydrogen (secondary N) is 1. The van der Waals surface area contributed by atoms with Crippen LogP contribution in [0.1, 0.15) is 21.5 Å². The lowest BCUT2D eigenvalue weighted by atomic mass is 10.2. The molecule has 6 heteroatoms. The normalized spacial score (nSPS) is 14.2. The highest BCUT2D eigenvalue weighted by Crippen LogP contribution is 2.19. The SMILES string of the molecule is N#Cc1ccccc1Nc1ccc(C(=O)N2CCN(Cc3ccccc3)CC2)cn1. The van der Waals surface area contributed by atoms with Gasteiger partial charge >= 0.3 is 0 Å². The summed E-state index contributed by atoms with van der Waals surface area (Å²) in [6, 6.07) is 23.4. The van der Waals surface area contributed by atoms with Crippen molar-refractivity contribution < 1.29 is 4.79 Å². The van der Waals surface area contributed by atoms with Crippen LogP contribution in [0.15, 0.2) is 72.9 Å². The Morgan fingerprint density at radius 3 is 2.40 bits per heavy atom. The van der Waals surface area contributed by atoms with Gasteiger partial charge in [0.15, 0.2) is 0 Å². The summed E-state index contributed by atoms with van der Waals surface area (Å²) in [5, 5.41) is 12.3. The van der Waals surface area contributed by atoms with E-state index in [4.69, 9.17) is 0 Å². The second-order valence-electron chi connectivity index (χ2n) is 7.27. The summed E-state index contributed by atoms with van der Waals surface area (Å²) >= 11 is 0. The molecule has 2 heterocycles. The lowest BCUT2D eigenvalue weighted by Gasteiger charge is -2.34. The Labute approximate surface area is 176 Å². The first-order chi connectivity index (χ1) is 14.7. The predicted octanol–water partition coefficient (Wildman–Crippen LogP) is 3.65. The molecule has 0 aliphatic carbocycles. The van der Waals surface area contributed by atoms with E-state index in [1.54, 1.807) is 24.4 Å². The number of pyridine rings is 1. The zero-order valence-corrected chi connectivity index (χ0v) is 16.7. The number of rotatable bonds is 5. The molecule has 0 bridgehead atoms. The molecule has 2 aromatic carbocycles. The minimum atomic E-state index is 0.00540. The number of aromatic nitrogens is 1. The van der Waals surface area contributed by atoms with Crippen molar-refractivity contribution >= 4 is 17.4 Å². The largest absolute Gasteiger partial charge is 0.339 e. The van der Waals surface area contributed by atoms with Crippen molar-refractivity contribution in [3.05, 3.63) is 89.6 Å². The van der Waals surface area contributed by atoms with Crippen molar-refractivity contribution in [1.82, 2.24) is 14.8 Å². The monoisotopic (exact) mass is 397 g/mol. The molecule has 1 aromatic heterocycles. The summed E-state index contributed by atoms with van der Waals surface area (Å²) in [6.45, 7) is 4.05. The van der Waals surface area contributed by atoms with Gasteiger partial charge in [-0.1, -0.05) is 42.5 Å². The molecule has 1 aliphatic rings. The molecule has 1 amide bonds. The third kappa shape index (κ3) is 4.65. The Hall–Kier alpha value is -3.69. The number of piperazine rings is 1. The average molecular weight is 397 g/mol. The van der Waals surface area contributed by atoms with E-state index in [-0.39, 0.29) is 5.91 Å². The van der Waals surface area contributed by atoms with Crippen LogP contribution in [0.5, 0.6) is 0 Å². The van der Waals surface area contributed by atoms with E-state index in [2.05, 4.69) is 45.5 Å². The number of hydrogen-bond donors (Lipinski definition) is 1. The summed E-state index contributed by atoms with van der Waals surface area (Å²) in [4.78, 5) is 21.5. The molecule has 0 atom stereocenters. The zero-order chi connectivity index (χ0) is 20.8. The molecule has 1 saturated heterocycles. The van der Waals surface area contributed by atoms with Gasteiger partial charge in [0, 0.05) is 38.9 Å². The smallest absolute Gasteiger partial charge is 0.255 e. The number of benzene rings is 2. The molecule has 1 aliphatic heterocycles. The highest BCUT2D eigenvalue weighted by molar-refractivity contribution is 5.94. The summed E-state index contributed by atoms with van der Waals surface area (Å²) < 4.78 is 0. The van der Waals surface area contributed by atoms with E-state index in [9.17, 15) is 10.1 Å². The molecule has 6 nitrogen and oxygen atoms in total.